The minimum Gasteiger partial charge on any atom is -0.468 e. The van der Waals surface area contributed by atoms with Crippen molar-refractivity contribution in [1.29, 1.82) is 0 Å². The normalized spacial score (nSPS) is 28.9. The molecule has 70 valence electrons. The molecule has 0 aromatic heterocycles. The first-order chi connectivity index (χ1) is 5.59. The highest BCUT2D eigenvalue weighted by Gasteiger charge is 2.22. The Kier molecular flexibility index (Phi) is 3.09. The highest BCUT2D eigenvalue weighted by atomic mass is 16.2. The van der Waals surface area contributed by atoms with Crippen molar-refractivity contribution in [2.24, 2.45) is 5.92 Å². The molecule has 0 bridgehead atoms. The van der Waals surface area contributed by atoms with Gasteiger partial charge in [0.05, 0.1) is 13.1 Å². The molecule has 0 saturated carbocycles. The third-order valence-electron chi connectivity index (χ3n) is 2.55. The number of amides is 1. The van der Waals surface area contributed by atoms with E-state index >= 15 is 0 Å². The highest BCUT2D eigenvalue weighted by molar-refractivity contribution is 5.72. The van der Waals surface area contributed by atoms with Crippen LogP contribution in [0.25, 0.3) is 0 Å². The van der Waals surface area contributed by atoms with E-state index in [1.165, 1.54) is 11.3 Å². The molecular weight excluding hydrogens is 152 g/mol. The van der Waals surface area contributed by atoms with Gasteiger partial charge in [-0.3, -0.25) is 4.79 Å². The molecular formula is C9H18N2O. The average Bonchev–Trinajstić information content (AvgIpc) is 2.35. The van der Waals surface area contributed by atoms with E-state index in [1.54, 1.807) is 11.8 Å². The Labute approximate surface area is 74.3 Å². The van der Waals surface area contributed by atoms with Crippen LogP contribution in [0.4, 0.5) is 0 Å². The summed E-state index contributed by atoms with van der Waals surface area (Å²) in [4.78, 5) is 14.1. The van der Waals surface area contributed by atoms with Gasteiger partial charge >= 0.3 is 0 Å². The summed E-state index contributed by atoms with van der Waals surface area (Å²) in [5.41, 5.74) is 0. The van der Waals surface area contributed by atoms with Gasteiger partial charge in [0, 0.05) is 32.9 Å². The summed E-state index contributed by atoms with van der Waals surface area (Å²) >= 11 is 0. The Hall–Kier alpha value is -0.570. The topological polar surface area (TPSA) is 24.8 Å². The van der Waals surface area contributed by atoms with Crippen LogP contribution in [0.1, 0.15) is 13.3 Å². The number of hydrogen-bond donors (Lipinski definition) is 1. The summed E-state index contributed by atoms with van der Waals surface area (Å²) in [6.07, 6.45) is 1.20. The fraction of sp³-hybridized carbons (Fsp3) is 0.778. The zero-order valence-corrected chi connectivity index (χ0v) is 7.97. The number of carbonyl (C=O) groups is 1. The van der Waals surface area contributed by atoms with Crippen molar-refractivity contribution in [2.75, 3.05) is 26.7 Å². The Morgan fingerprint density at radius 2 is 2.42 bits per heavy atom. The summed E-state index contributed by atoms with van der Waals surface area (Å²) < 4.78 is 0. The zero-order chi connectivity index (χ0) is 9.14. The standard InChI is InChI=1S/C9H18N2O/c1-8(12)11(3)7-9-4-5-10(2)6-9/h9-10H,2,4-7H2,1,3H3/t9-/m1/s1. The monoisotopic (exact) mass is 170 g/mol. The molecule has 1 amide bonds. The van der Waals surface area contributed by atoms with Gasteiger partial charge in [0.2, 0.25) is 5.91 Å². The molecule has 1 saturated heterocycles. The van der Waals surface area contributed by atoms with Crippen LogP contribution < -0.4 is 4.90 Å². The van der Waals surface area contributed by atoms with Gasteiger partial charge in [0.1, 0.15) is 0 Å². The van der Waals surface area contributed by atoms with Crippen LogP contribution in [0, 0.1) is 13.0 Å². The van der Waals surface area contributed by atoms with Crippen LogP contribution in [0.2, 0.25) is 0 Å². The number of quaternary nitrogens is 1. The number of carbonyl (C=O) groups excluding carboxylic acids is 1. The van der Waals surface area contributed by atoms with Gasteiger partial charge in [-0.1, -0.05) is 0 Å². The van der Waals surface area contributed by atoms with Crippen LogP contribution in [0.15, 0.2) is 0 Å². The molecule has 1 aliphatic rings. The quantitative estimate of drug-likeness (QED) is 0.537. The van der Waals surface area contributed by atoms with Gasteiger partial charge in [0.15, 0.2) is 0 Å². The maximum Gasteiger partial charge on any atom is 0.219 e. The number of nitrogens with zero attached hydrogens (tertiary/aromatic N) is 1. The fourth-order valence-corrected chi connectivity index (χ4v) is 1.69. The van der Waals surface area contributed by atoms with E-state index in [4.69, 9.17) is 0 Å². The van der Waals surface area contributed by atoms with Crippen LogP contribution in [0.3, 0.4) is 0 Å². The van der Waals surface area contributed by atoms with Crippen molar-refractivity contribution in [2.45, 2.75) is 13.3 Å². The molecule has 0 aliphatic carbocycles. The molecule has 1 rings (SSSR count). The molecule has 0 aromatic rings. The van der Waals surface area contributed by atoms with Gasteiger partial charge in [-0.25, -0.2) is 0 Å². The van der Waals surface area contributed by atoms with Crippen molar-refractivity contribution in [1.82, 2.24) is 4.90 Å². The van der Waals surface area contributed by atoms with Gasteiger partial charge < -0.3 is 9.80 Å². The van der Waals surface area contributed by atoms with Crippen molar-refractivity contribution >= 4 is 5.91 Å². The van der Waals surface area contributed by atoms with E-state index in [0.29, 0.717) is 5.92 Å². The second-order valence-electron chi connectivity index (χ2n) is 3.76. The third kappa shape index (κ3) is 2.48. The third-order valence-corrected chi connectivity index (χ3v) is 2.55. The lowest BCUT2D eigenvalue weighted by molar-refractivity contribution is -0.841. The van der Waals surface area contributed by atoms with Crippen molar-refractivity contribution in [3.05, 3.63) is 7.05 Å². The summed E-state index contributed by atoms with van der Waals surface area (Å²) in [6, 6.07) is 0. The maximum atomic E-state index is 10.9. The molecule has 1 heterocycles. The first-order valence-corrected chi connectivity index (χ1v) is 4.48. The molecule has 3 heteroatoms. The van der Waals surface area contributed by atoms with Crippen molar-refractivity contribution < 1.29 is 9.69 Å². The first-order valence-electron chi connectivity index (χ1n) is 4.48. The lowest BCUT2D eigenvalue weighted by Crippen LogP contribution is -3.04. The van der Waals surface area contributed by atoms with Crippen molar-refractivity contribution in [3.63, 3.8) is 0 Å². The number of rotatable bonds is 2. The number of likely N-dealkylation sites (tertiary alicyclic amines) is 1. The Morgan fingerprint density at radius 1 is 1.75 bits per heavy atom. The molecule has 1 N–H and O–H groups in total. The van der Waals surface area contributed by atoms with E-state index in [-0.39, 0.29) is 5.91 Å². The molecule has 12 heavy (non-hydrogen) atoms. The lowest BCUT2D eigenvalue weighted by atomic mass is 10.1. The molecule has 0 aromatic carbocycles. The molecule has 0 radical (unpaired) electrons. The first kappa shape index (κ1) is 9.52. The SMILES string of the molecule is [CH2-][NH+]1CC[C@@H](CN(C)C(C)=O)C1. The van der Waals surface area contributed by atoms with Crippen molar-refractivity contribution in [3.8, 4) is 0 Å². The second kappa shape index (κ2) is 3.90. The predicted molar refractivity (Wildman–Crippen MR) is 47.5 cm³/mol. The van der Waals surface area contributed by atoms with Crippen LogP contribution in [-0.4, -0.2) is 37.5 Å². The lowest BCUT2D eigenvalue weighted by Gasteiger charge is -2.19. The minimum absolute atomic E-state index is 0.160. The Morgan fingerprint density at radius 3 is 2.83 bits per heavy atom. The Balaban J connectivity index is 2.27. The average molecular weight is 170 g/mol. The van der Waals surface area contributed by atoms with E-state index in [0.717, 1.165) is 19.6 Å². The number of nitrogens with one attached hydrogen (secondary N) is 1. The smallest absolute Gasteiger partial charge is 0.219 e. The summed E-state index contributed by atoms with van der Waals surface area (Å²) in [7, 11) is 5.82. The van der Waals surface area contributed by atoms with E-state index in [2.05, 4.69) is 7.05 Å². The molecule has 0 spiro atoms. The fourth-order valence-electron chi connectivity index (χ4n) is 1.69. The van der Waals surface area contributed by atoms with Crippen LogP contribution in [-0.2, 0) is 4.79 Å². The molecule has 1 aliphatic heterocycles. The Bertz CT molecular complexity index is 170. The van der Waals surface area contributed by atoms with Gasteiger partial charge in [-0.15, -0.1) is 0 Å². The largest absolute Gasteiger partial charge is 0.468 e. The van der Waals surface area contributed by atoms with Crippen LogP contribution in [0.5, 0.6) is 0 Å². The van der Waals surface area contributed by atoms with E-state index < -0.39 is 0 Å². The minimum atomic E-state index is 0.160. The van der Waals surface area contributed by atoms with Gasteiger partial charge in [0.25, 0.3) is 0 Å². The summed E-state index contributed by atoms with van der Waals surface area (Å²) in [5, 5.41) is 0. The summed E-state index contributed by atoms with van der Waals surface area (Å²) in [5.74, 6) is 0.818. The predicted octanol–water partition coefficient (Wildman–Crippen LogP) is -0.839. The van der Waals surface area contributed by atoms with Crippen LogP contribution >= 0.6 is 0 Å². The summed E-state index contributed by atoms with van der Waals surface area (Å²) in [6.45, 7) is 4.77. The van der Waals surface area contributed by atoms with Gasteiger partial charge in [-0.05, 0) is 0 Å². The molecule has 1 fully saturated rings. The van der Waals surface area contributed by atoms with E-state index in [1.807, 2.05) is 7.05 Å². The number of hydrogen-bond acceptors (Lipinski definition) is 1. The molecule has 2 atom stereocenters. The molecule has 3 nitrogen and oxygen atoms in total. The molecule has 1 unspecified atom stereocenters. The highest BCUT2D eigenvalue weighted by Crippen LogP contribution is 2.05. The van der Waals surface area contributed by atoms with Gasteiger partial charge in [-0.2, -0.15) is 7.05 Å². The van der Waals surface area contributed by atoms with E-state index in [9.17, 15) is 4.79 Å². The maximum absolute atomic E-state index is 10.9. The second-order valence-corrected chi connectivity index (χ2v) is 3.76. The zero-order valence-electron chi connectivity index (χ0n) is 7.97.